The van der Waals surface area contributed by atoms with Gasteiger partial charge in [-0.15, -0.1) is 0 Å². The molecule has 1 saturated heterocycles. The number of rotatable bonds is 2. The van der Waals surface area contributed by atoms with Gasteiger partial charge in [0.2, 0.25) is 0 Å². The van der Waals surface area contributed by atoms with E-state index in [0.29, 0.717) is 33.8 Å². The molecule has 5 rings (SSSR count). The summed E-state index contributed by atoms with van der Waals surface area (Å²) in [5.41, 5.74) is 1.64. The van der Waals surface area contributed by atoms with E-state index < -0.39 is 0 Å². The van der Waals surface area contributed by atoms with Crippen LogP contribution in [0.25, 0.3) is 22.0 Å². The summed E-state index contributed by atoms with van der Waals surface area (Å²) in [6.07, 6.45) is 1.77. The van der Waals surface area contributed by atoms with Crippen LogP contribution in [0.5, 0.6) is 0 Å². The molecule has 136 valence electrons. The molecule has 0 saturated carbocycles. The van der Waals surface area contributed by atoms with E-state index in [4.69, 9.17) is 9.40 Å². The zero-order valence-electron chi connectivity index (χ0n) is 14.7. The Hall–Kier alpha value is -3.22. The number of para-hydroxylation sites is 1. The fourth-order valence-corrected chi connectivity index (χ4v) is 3.81. The third-order valence-corrected chi connectivity index (χ3v) is 5.15. The maximum atomic E-state index is 13.5. The number of halogens is 1. The van der Waals surface area contributed by atoms with Crippen LogP contribution >= 0.6 is 0 Å². The van der Waals surface area contributed by atoms with Crippen LogP contribution in [0.1, 0.15) is 24.7 Å². The molecule has 2 aromatic heterocycles. The van der Waals surface area contributed by atoms with Crippen molar-refractivity contribution in [3.05, 3.63) is 64.5 Å². The van der Waals surface area contributed by atoms with Crippen LogP contribution < -0.4 is 10.5 Å². The van der Waals surface area contributed by atoms with Crippen LogP contribution in [0, 0.1) is 5.82 Å². The Kier molecular flexibility index (Phi) is 3.50. The molecular formula is C20H17FN4O2. The fourth-order valence-electron chi connectivity index (χ4n) is 3.81. The SMILES string of the molecule is Cn1c(C2CCCN2c2nc3cc(F)ccc3o2)nc2ccccc2c1=O. The zero-order valence-corrected chi connectivity index (χ0v) is 14.7. The van der Waals surface area contributed by atoms with Gasteiger partial charge in [0.15, 0.2) is 5.58 Å². The number of oxazole rings is 1. The van der Waals surface area contributed by atoms with E-state index in [9.17, 15) is 9.18 Å². The molecule has 0 amide bonds. The minimum Gasteiger partial charge on any atom is -0.423 e. The van der Waals surface area contributed by atoms with Crippen LogP contribution in [0.15, 0.2) is 51.7 Å². The van der Waals surface area contributed by atoms with Crippen molar-refractivity contribution in [3.63, 3.8) is 0 Å². The smallest absolute Gasteiger partial charge is 0.299 e. The van der Waals surface area contributed by atoms with Gasteiger partial charge >= 0.3 is 0 Å². The van der Waals surface area contributed by atoms with Gasteiger partial charge in [0.05, 0.1) is 16.9 Å². The number of nitrogens with zero attached hydrogens (tertiary/aromatic N) is 4. The topological polar surface area (TPSA) is 64.2 Å². The van der Waals surface area contributed by atoms with Gasteiger partial charge in [0.1, 0.15) is 17.2 Å². The van der Waals surface area contributed by atoms with Crippen molar-refractivity contribution in [3.8, 4) is 0 Å². The molecule has 1 aliphatic rings. The predicted molar refractivity (Wildman–Crippen MR) is 100 cm³/mol. The van der Waals surface area contributed by atoms with Crippen molar-refractivity contribution in [2.45, 2.75) is 18.9 Å². The predicted octanol–water partition coefficient (Wildman–Crippen LogP) is 3.56. The standard InChI is InChI=1S/C20H17FN4O2/c1-24-18(22-14-6-3-2-5-13(14)19(24)26)16-7-4-10-25(16)20-23-15-11-12(21)8-9-17(15)27-20/h2-3,5-6,8-9,11,16H,4,7,10H2,1H3. The third kappa shape index (κ3) is 2.50. The number of fused-ring (bicyclic) bond motifs is 2. The summed E-state index contributed by atoms with van der Waals surface area (Å²) < 4.78 is 20.9. The molecule has 27 heavy (non-hydrogen) atoms. The highest BCUT2D eigenvalue weighted by atomic mass is 19.1. The maximum absolute atomic E-state index is 13.5. The summed E-state index contributed by atoms with van der Waals surface area (Å²) in [6, 6.07) is 12.0. The van der Waals surface area contributed by atoms with Crippen LogP contribution in [0.4, 0.5) is 10.4 Å². The lowest BCUT2D eigenvalue weighted by Crippen LogP contribution is -2.30. The lowest BCUT2D eigenvalue weighted by molar-refractivity contribution is 0.533. The maximum Gasteiger partial charge on any atom is 0.299 e. The molecule has 1 fully saturated rings. The van der Waals surface area contributed by atoms with Gasteiger partial charge in [-0.2, -0.15) is 4.98 Å². The van der Waals surface area contributed by atoms with Crippen molar-refractivity contribution in [1.29, 1.82) is 0 Å². The Morgan fingerprint density at radius 3 is 2.89 bits per heavy atom. The van der Waals surface area contributed by atoms with Crippen LogP contribution in [0.3, 0.4) is 0 Å². The molecule has 0 spiro atoms. The zero-order chi connectivity index (χ0) is 18.5. The Balaban J connectivity index is 1.63. The van der Waals surface area contributed by atoms with Crippen molar-refractivity contribution >= 4 is 28.0 Å². The second-order valence-electron chi connectivity index (χ2n) is 6.81. The highest BCUT2D eigenvalue weighted by Gasteiger charge is 2.32. The Labute approximate surface area is 153 Å². The van der Waals surface area contributed by atoms with Gasteiger partial charge in [-0.1, -0.05) is 12.1 Å². The first-order valence-electron chi connectivity index (χ1n) is 8.90. The monoisotopic (exact) mass is 364 g/mol. The molecule has 6 nitrogen and oxygen atoms in total. The summed E-state index contributed by atoms with van der Waals surface area (Å²) in [5.74, 6) is 0.337. The van der Waals surface area contributed by atoms with Gasteiger partial charge in [-0.05, 0) is 37.1 Å². The van der Waals surface area contributed by atoms with E-state index in [0.717, 1.165) is 19.4 Å². The molecule has 0 radical (unpaired) electrons. The second kappa shape index (κ2) is 5.90. The van der Waals surface area contributed by atoms with E-state index in [1.807, 2.05) is 23.1 Å². The minimum atomic E-state index is -0.348. The first kappa shape index (κ1) is 16.0. The van der Waals surface area contributed by atoms with Crippen LogP contribution in [-0.2, 0) is 7.05 Å². The van der Waals surface area contributed by atoms with E-state index in [2.05, 4.69) is 4.98 Å². The molecule has 3 heterocycles. The van der Waals surface area contributed by atoms with Crippen molar-refractivity contribution in [1.82, 2.24) is 14.5 Å². The molecule has 2 aromatic carbocycles. The molecule has 4 aromatic rings. The number of hydrogen-bond acceptors (Lipinski definition) is 5. The molecule has 0 N–H and O–H groups in total. The van der Waals surface area contributed by atoms with Crippen molar-refractivity contribution in [2.24, 2.45) is 7.05 Å². The summed E-state index contributed by atoms with van der Waals surface area (Å²) in [7, 11) is 1.75. The average molecular weight is 364 g/mol. The molecule has 7 heteroatoms. The number of aromatic nitrogens is 3. The van der Waals surface area contributed by atoms with Crippen LogP contribution in [0.2, 0.25) is 0 Å². The third-order valence-electron chi connectivity index (χ3n) is 5.15. The van der Waals surface area contributed by atoms with E-state index in [-0.39, 0.29) is 17.4 Å². The molecule has 0 bridgehead atoms. The van der Waals surface area contributed by atoms with Crippen molar-refractivity contribution in [2.75, 3.05) is 11.4 Å². The highest BCUT2D eigenvalue weighted by Crippen LogP contribution is 2.36. The molecule has 0 aliphatic carbocycles. The Morgan fingerprint density at radius 1 is 1.15 bits per heavy atom. The Morgan fingerprint density at radius 2 is 2.00 bits per heavy atom. The normalized spacial score (nSPS) is 17.3. The first-order valence-corrected chi connectivity index (χ1v) is 8.90. The van der Waals surface area contributed by atoms with Crippen LogP contribution in [-0.4, -0.2) is 21.1 Å². The van der Waals surface area contributed by atoms with Gasteiger partial charge in [0, 0.05) is 19.7 Å². The Bertz CT molecular complexity index is 1230. The van der Waals surface area contributed by atoms with Gasteiger partial charge < -0.3 is 9.32 Å². The summed E-state index contributed by atoms with van der Waals surface area (Å²) >= 11 is 0. The number of benzene rings is 2. The van der Waals surface area contributed by atoms with Gasteiger partial charge in [0.25, 0.3) is 11.6 Å². The van der Waals surface area contributed by atoms with E-state index in [1.165, 1.54) is 12.1 Å². The largest absolute Gasteiger partial charge is 0.423 e. The highest BCUT2D eigenvalue weighted by molar-refractivity contribution is 5.77. The molecule has 1 aliphatic heterocycles. The lowest BCUT2D eigenvalue weighted by Gasteiger charge is -2.24. The van der Waals surface area contributed by atoms with Gasteiger partial charge in [-0.25, -0.2) is 9.37 Å². The molecule has 1 atom stereocenters. The second-order valence-corrected chi connectivity index (χ2v) is 6.81. The molecule has 1 unspecified atom stereocenters. The van der Waals surface area contributed by atoms with Crippen molar-refractivity contribution < 1.29 is 8.81 Å². The summed E-state index contributed by atoms with van der Waals surface area (Å²) in [6.45, 7) is 0.739. The number of anilines is 1. The molecular weight excluding hydrogens is 347 g/mol. The minimum absolute atomic E-state index is 0.0675. The van der Waals surface area contributed by atoms with Gasteiger partial charge in [-0.3, -0.25) is 9.36 Å². The first-order chi connectivity index (χ1) is 13.1. The quantitative estimate of drug-likeness (QED) is 0.544. The average Bonchev–Trinajstić information content (AvgIpc) is 3.30. The van der Waals surface area contributed by atoms with E-state index in [1.54, 1.807) is 23.7 Å². The fraction of sp³-hybridized carbons (Fsp3) is 0.250. The van der Waals surface area contributed by atoms with E-state index >= 15 is 0 Å². The number of hydrogen-bond donors (Lipinski definition) is 0. The summed E-state index contributed by atoms with van der Waals surface area (Å²) in [4.78, 5) is 24.0. The lowest BCUT2D eigenvalue weighted by atomic mass is 10.1. The summed E-state index contributed by atoms with van der Waals surface area (Å²) in [5, 5.41) is 0.602.